The summed E-state index contributed by atoms with van der Waals surface area (Å²) in [5, 5.41) is 26.4. The second-order valence-corrected chi connectivity index (χ2v) is 20.7. The van der Waals surface area contributed by atoms with Gasteiger partial charge in [-0.2, -0.15) is 5.26 Å². The molecular weight excluding hydrogens is 904 g/mol. The van der Waals surface area contributed by atoms with Gasteiger partial charge < -0.3 is 38.1 Å². The summed E-state index contributed by atoms with van der Waals surface area (Å²) in [7, 11) is 0.896. The molecule has 1 unspecified atom stereocenters. The molecule has 2 saturated heterocycles. The highest BCUT2D eigenvalue weighted by Crippen LogP contribution is 2.65. The van der Waals surface area contributed by atoms with Gasteiger partial charge in [0.2, 0.25) is 6.79 Å². The van der Waals surface area contributed by atoms with E-state index in [9.17, 15) is 19.7 Å². The van der Waals surface area contributed by atoms with Crippen molar-refractivity contribution in [2.75, 3.05) is 60.2 Å². The number of aromatic hydroxyl groups is 1. The third-order valence-corrected chi connectivity index (χ3v) is 17.0. The lowest BCUT2D eigenvalue weighted by atomic mass is 9.71. The first-order valence-corrected chi connectivity index (χ1v) is 25.5. The first kappa shape index (κ1) is 47.3. The fourth-order valence-corrected chi connectivity index (χ4v) is 14.1. The van der Waals surface area contributed by atoms with Crippen LogP contribution in [0.2, 0.25) is 0 Å². The number of aryl methyl sites for hydroxylation is 1. The molecule has 67 heavy (non-hydrogen) atoms. The van der Waals surface area contributed by atoms with Gasteiger partial charge in [0.05, 0.1) is 50.8 Å². The molecule has 1 spiro atoms. The van der Waals surface area contributed by atoms with Crippen LogP contribution in [0.4, 0.5) is 0 Å². The second-order valence-electron chi connectivity index (χ2n) is 18.0. The van der Waals surface area contributed by atoms with Crippen molar-refractivity contribution in [1.29, 1.82) is 5.26 Å². The van der Waals surface area contributed by atoms with Crippen LogP contribution < -0.4 is 33.5 Å². The van der Waals surface area contributed by atoms with E-state index in [1.165, 1.54) is 32.9 Å². The van der Waals surface area contributed by atoms with Gasteiger partial charge in [-0.25, -0.2) is 9.36 Å². The fraction of sp³-hybridized carbons (Fsp3) is 0.562. The van der Waals surface area contributed by atoms with Gasteiger partial charge in [0, 0.05) is 53.6 Å². The molecule has 360 valence electrons. The molecule has 0 aromatic heterocycles. The Hall–Kier alpha value is -4.73. The third-order valence-electron chi connectivity index (χ3n) is 14.1. The number of thioether (sulfide) groups is 1. The molecule has 0 amide bonds. The maximum Gasteiger partial charge on any atom is 0.530 e. The summed E-state index contributed by atoms with van der Waals surface area (Å²) < 4.78 is 68.7. The standard InChI is InChI=1S/C48H59N4O13PS/c1-9-11-15-62-66(56,63-16-12-10-2)65-35-19-28-13-14-50-48(30(28)20-34(35)57-7)23-67-46-38-37(45-44(60-24-61-45)26(4)43(38)64-27(5)53)33(22-59-47(48)55)52-32(21-49)31-18-29-17-25(3)42(58-8)41(54)36(29)39(40(46)52)51(31)6/h17,19-20,31-33,39-40,46,50,54H,9-16,18,22-24H2,1-8H3/t31-,32-,33-,39-,40?,46+,48+/m0/s1. The van der Waals surface area contributed by atoms with Gasteiger partial charge in [0.15, 0.2) is 40.0 Å². The quantitative estimate of drug-likeness (QED) is 0.0743. The van der Waals surface area contributed by atoms with Crippen LogP contribution in [0, 0.1) is 25.2 Å². The van der Waals surface area contributed by atoms with E-state index < -0.39 is 54.7 Å². The molecule has 0 aliphatic carbocycles. The number of ether oxygens (including phenoxy) is 6. The van der Waals surface area contributed by atoms with Crippen LogP contribution >= 0.6 is 19.6 Å². The van der Waals surface area contributed by atoms with Gasteiger partial charge in [0.25, 0.3) is 0 Å². The van der Waals surface area contributed by atoms with Crippen molar-refractivity contribution in [3.8, 4) is 46.3 Å². The average molecular weight is 963 g/mol. The summed E-state index contributed by atoms with van der Waals surface area (Å²) in [4.78, 5) is 32.7. The molecule has 4 bridgehead atoms. The highest BCUT2D eigenvalue weighted by atomic mass is 32.2. The number of nitrogens with one attached hydrogen (secondary N) is 1. The number of hydrogen-bond donors (Lipinski definition) is 2. The Morgan fingerprint density at radius 2 is 1.73 bits per heavy atom. The zero-order chi connectivity index (χ0) is 47.5. The number of hydrogen-bond acceptors (Lipinski definition) is 18. The van der Waals surface area contributed by atoms with E-state index in [1.807, 2.05) is 40.8 Å². The van der Waals surface area contributed by atoms with Gasteiger partial charge in [-0.3, -0.25) is 29.0 Å². The summed E-state index contributed by atoms with van der Waals surface area (Å²) in [6.07, 6.45) is 3.91. The molecule has 19 heteroatoms. The summed E-state index contributed by atoms with van der Waals surface area (Å²) in [6, 6.07) is 5.20. The molecule has 0 saturated carbocycles. The maximum absolute atomic E-state index is 15.2. The number of methoxy groups -OCH3 is 2. The van der Waals surface area contributed by atoms with Gasteiger partial charge in [-0.15, -0.1) is 11.8 Å². The van der Waals surface area contributed by atoms with Crippen LogP contribution in [0.5, 0.6) is 40.2 Å². The molecule has 17 nitrogen and oxygen atoms in total. The Labute approximate surface area is 395 Å². The van der Waals surface area contributed by atoms with Gasteiger partial charge in [-0.1, -0.05) is 32.8 Å². The lowest BCUT2D eigenvalue weighted by Crippen LogP contribution is -2.69. The number of nitrogens with zero attached hydrogens (tertiary/aromatic N) is 3. The highest BCUT2D eigenvalue weighted by molar-refractivity contribution is 7.99. The number of phenols is 1. The third kappa shape index (κ3) is 7.79. The van der Waals surface area contributed by atoms with Gasteiger partial charge in [0.1, 0.15) is 18.4 Å². The Morgan fingerprint density at radius 1 is 1.00 bits per heavy atom. The van der Waals surface area contributed by atoms with E-state index in [4.69, 9.17) is 42.0 Å². The fourth-order valence-electron chi connectivity index (χ4n) is 11.1. The van der Waals surface area contributed by atoms with Crippen molar-refractivity contribution in [3.63, 3.8) is 0 Å². The van der Waals surface area contributed by atoms with E-state index in [0.29, 0.717) is 83.0 Å². The number of unbranched alkanes of at least 4 members (excludes halogenated alkanes) is 2. The number of fused-ring (bicyclic) bond motifs is 9. The monoisotopic (exact) mass is 962 g/mol. The Balaban J connectivity index is 1.23. The summed E-state index contributed by atoms with van der Waals surface area (Å²) in [6.45, 7) is 9.50. The maximum atomic E-state index is 15.2. The predicted molar refractivity (Wildman–Crippen MR) is 246 cm³/mol. The van der Waals surface area contributed by atoms with Crippen LogP contribution in [0.3, 0.4) is 0 Å². The van der Waals surface area contributed by atoms with E-state index >= 15 is 4.79 Å². The summed E-state index contributed by atoms with van der Waals surface area (Å²) in [5.74, 6) is 0.910. The largest absolute Gasteiger partial charge is 0.530 e. The lowest BCUT2D eigenvalue weighted by molar-refractivity contribution is -0.157. The molecule has 2 fully saturated rings. The van der Waals surface area contributed by atoms with Crippen molar-refractivity contribution < 1.29 is 61.3 Å². The van der Waals surface area contributed by atoms with Crippen molar-refractivity contribution >= 4 is 31.5 Å². The van der Waals surface area contributed by atoms with E-state index in [-0.39, 0.29) is 55.7 Å². The Bertz CT molecular complexity index is 2560. The highest BCUT2D eigenvalue weighted by Gasteiger charge is 2.62. The average Bonchev–Trinajstić information content (AvgIpc) is 3.79. The van der Waals surface area contributed by atoms with Crippen molar-refractivity contribution in [3.05, 3.63) is 62.7 Å². The minimum absolute atomic E-state index is 0.0235. The van der Waals surface area contributed by atoms with Crippen molar-refractivity contribution in [2.45, 2.75) is 114 Å². The number of phosphoric ester groups is 1. The molecule has 3 aromatic rings. The molecule has 7 aliphatic heterocycles. The molecule has 7 heterocycles. The molecule has 7 atom stereocenters. The minimum Gasteiger partial charge on any atom is -0.504 e. The van der Waals surface area contributed by atoms with Crippen molar-refractivity contribution in [2.24, 2.45) is 0 Å². The molecular formula is C48H59N4O13PS. The predicted octanol–water partition coefficient (Wildman–Crippen LogP) is 7.40. The number of likely N-dealkylation sites (N-methyl/N-ethyl adjacent to an activating group) is 1. The Kier molecular flexibility index (Phi) is 13.2. The number of benzene rings is 3. The Morgan fingerprint density at radius 3 is 2.40 bits per heavy atom. The lowest BCUT2D eigenvalue weighted by Gasteiger charge is -2.62. The summed E-state index contributed by atoms with van der Waals surface area (Å²) >= 11 is 1.46. The number of esters is 2. The van der Waals surface area contributed by atoms with E-state index in [2.05, 4.69) is 21.2 Å². The molecule has 3 aromatic carbocycles. The van der Waals surface area contributed by atoms with E-state index in [0.717, 1.165) is 29.5 Å². The van der Waals surface area contributed by atoms with E-state index in [1.54, 1.807) is 12.1 Å². The minimum atomic E-state index is -4.09. The first-order valence-electron chi connectivity index (χ1n) is 23.0. The number of nitriles is 1. The number of phenolic OH excluding ortho intramolecular Hbond substituents is 1. The SMILES string of the molecule is CCCCOP(=O)(OCCCC)Oc1cc2c(cc1OC)[C@@]1(CS[C@@H]3c4c(OC(C)=O)c(C)c5c(c4[C@H](COC1=O)N1C3[C@@H]3c4c(cc(C)c(OC)c4O)C[C@@H]([C@@H]1C#N)N3C)OCO5)NCC2. The normalized spacial score (nSPS) is 26.1. The summed E-state index contributed by atoms with van der Waals surface area (Å²) in [5.41, 5.74) is 4.07. The number of carbonyl (C=O) groups is 2. The smallest absolute Gasteiger partial charge is 0.504 e. The number of piperazine rings is 1. The van der Waals surface area contributed by atoms with Crippen LogP contribution in [0.15, 0.2) is 18.2 Å². The van der Waals surface area contributed by atoms with Crippen LogP contribution in [0.25, 0.3) is 0 Å². The second kappa shape index (κ2) is 18.6. The van der Waals surface area contributed by atoms with Crippen LogP contribution in [-0.2, 0) is 46.3 Å². The first-order chi connectivity index (χ1) is 32.3. The van der Waals surface area contributed by atoms with Crippen LogP contribution in [-0.4, -0.2) is 105 Å². The van der Waals surface area contributed by atoms with Crippen molar-refractivity contribution in [1.82, 2.24) is 15.1 Å². The number of phosphoric acid groups is 1. The number of rotatable bonds is 13. The zero-order valence-corrected chi connectivity index (χ0v) is 40.9. The van der Waals surface area contributed by atoms with Gasteiger partial charge >= 0.3 is 19.8 Å². The van der Waals surface area contributed by atoms with Crippen LogP contribution in [0.1, 0.15) is 108 Å². The van der Waals surface area contributed by atoms with Gasteiger partial charge in [-0.05, 0) is 81.0 Å². The number of carbonyl (C=O) groups excluding carboxylic acids is 2. The molecule has 0 radical (unpaired) electrons. The molecule has 2 N–H and O–H groups in total. The zero-order valence-electron chi connectivity index (χ0n) is 39.2. The molecule has 7 aliphatic rings. The molecule has 10 rings (SSSR count). The topological polar surface area (TPSA) is 197 Å².